The van der Waals surface area contributed by atoms with Crippen molar-refractivity contribution >= 4 is 17.9 Å². The van der Waals surface area contributed by atoms with Gasteiger partial charge in [0.1, 0.15) is 5.60 Å². The third-order valence-corrected chi connectivity index (χ3v) is 2.75. The van der Waals surface area contributed by atoms with Gasteiger partial charge in [0.15, 0.2) is 0 Å². The minimum atomic E-state index is -0.834. The Hall–Kier alpha value is -2.84. The number of nitro benzene ring substituents is 1. The number of amides is 2. The monoisotopic (exact) mass is 339 g/mol. The number of nitrogens with zero attached hydrogens (tertiary/aromatic N) is 1. The number of nitrogens with one attached hydrogen (secondary N) is 2. The summed E-state index contributed by atoms with van der Waals surface area (Å²) in [6.45, 7) is 6.77. The lowest BCUT2D eigenvalue weighted by Crippen LogP contribution is -2.44. The van der Waals surface area contributed by atoms with E-state index in [-0.39, 0.29) is 12.3 Å². The second-order valence-corrected chi connectivity index (χ2v) is 6.02. The maximum Gasteiger partial charge on any atom is 0.426 e. The largest absolute Gasteiger partial charge is 0.448 e. The van der Waals surface area contributed by atoms with Gasteiger partial charge < -0.3 is 9.47 Å². The molecular formula is C15H21N3O6. The van der Waals surface area contributed by atoms with Crippen molar-refractivity contribution in [2.24, 2.45) is 0 Å². The standard InChI is InChI=1S/C15H21N3O6/c1-10-9-11(5-6-12(10)18(21)22)7-8-23-13(19)16-17-14(20)24-15(2,3)4/h5-6,9H,7-8H2,1-4H3,(H,16,19)(H,17,20). The van der Waals surface area contributed by atoms with E-state index in [1.807, 2.05) is 0 Å². The smallest absolute Gasteiger partial charge is 0.426 e. The van der Waals surface area contributed by atoms with E-state index in [9.17, 15) is 19.7 Å². The van der Waals surface area contributed by atoms with Crippen LogP contribution in [0.25, 0.3) is 0 Å². The summed E-state index contributed by atoms with van der Waals surface area (Å²) in [5.74, 6) is 0. The van der Waals surface area contributed by atoms with E-state index in [4.69, 9.17) is 9.47 Å². The summed E-state index contributed by atoms with van der Waals surface area (Å²) in [5, 5.41) is 10.7. The fourth-order valence-electron chi connectivity index (χ4n) is 1.78. The fraction of sp³-hybridized carbons (Fsp3) is 0.467. The van der Waals surface area contributed by atoms with Crippen LogP contribution in [-0.2, 0) is 15.9 Å². The molecule has 0 fully saturated rings. The summed E-state index contributed by atoms with van der Waals surface area (Å²) >= 11 is 0. The van der Waals surface area contributed by atoms with Crippen LogP contribution in [0.15, 0.2) is 18.2 Å². The van der Waals surface area contributed by atoms with Gasteiger partial charge in [0.25, 0.3) is 5.69 Å². The number of carbonyl (C=O) groups excluding carboxylic acids is 2. The van der Waals surface area contributed by atoms with Gasteiger partial charge in [0, 0.05) is 18.1 Å². The molecule has 0 aromatic heterocycles. The van der Waals surface area contributed by atoms with Gasteiger partial charge in [-0.15, -0.1) is 0 Å². The zero-order valence-electron chi connectivity index (χ0n) is 14.0. The number of aryl methyl sites for hydroxylation is 1. The Morgan fingerprint density at radius 1 is 1.21 bits per heavy atom. The highest BCUT2D eigenvalue weighted by Crippen LogP contribution is 2.18. The van der Waals surface area contributed by atoms with Gasteiger partial charge in [0.2, 0.25) is 0 Å². The molecule has 132 valence electrons. The highest BCUT2D eigenvalue weighted by molar-refractivity contribution is 5.73. The Morgan fingerprint density at radius 3 is 2.38 bits per heavy atom. The summed E-state index contributed by atoms with van der Waals surface area (Å²) in [4.78, 5) is 33.0. The number of hydrogen-bond donors (Lipinski definition) is 2. The maximum absolute atomic E-state index is 11.4. The third kappa shape index (κ3) is 6.95. The van der Waals surface area contributed by atoms with Crippen LogP contribution in [0.4, 0.5) is 15.3 Å². The highest BCUT2D eigenvalue weighted by atomic mass is 16.6. The molecule has 0 aliphatic heterocycles. The number of hydrazine groups is 1. The molecular weight excluding hydrogens is 318 g/mol. The summed E-state index contributed by atoms with van der Waals surface area (Å²) in [6.07, 6.45) is -1.25. The summed E-state index contributed by atoms with van der Waals surface area (Å²) < 4.78 is 9.82. The molecule has 1 aromatic rings. The molecule has 0 radical (unpaired) electrons. The molecule has 9 heteroatoms. The number of ether oxygens (including phenoxy) is 2. The molecule has 0 atom stereocenters. The molecule has 0 saturated heterocycles. The van der Waals surface area contributed by atoms with Gasteiger partial charge in [0.05, 0.1) is 11.5 Å². The molecule has 0 heterocycles. The Bertz CT molecular complexity index is 624. The molecule has 1 aromatic carbocycles. The molecule has 0 aliphatic carbocycles. The first-order chi connectivity index (χ1) is 11.1. The summed E-state index contributed by atoms with van der Waals surface area (Å²) in [7, 11) is 0. The molecule has 0 bridgehead atoms. The quantitative estimate of drug-likeness (QED) is 0.642. The van der Waals surface area contributed by atoms with E-state index >= 15 is 0 Å². The number of hydrogen-bond acceptors (Lipinski definition) is 6. The minimum absolute atomic E-state index is 0.0407. The molecule has 0 unspecified atom stereocenters. The first-order valence-corrected chi connectivity index (χ1v) is 7.24. The fourth-order valence-corrected chi connectivity index (χ4v) is 1.78. The number of carbonyl (C=O) groups is 2. The second kappa shape index (κ2) is 8.14. The zero-order valence-corrected chi connectivity index (χ0v) is 14.0. The predicted molar refractivity (Wildman–Crippen MR) is 85.4 cm³/mol. The Balaban J connectivity index is 2.34. The third-order valence-electron chi connectivity index (χ3n) is 2.75. The highest BCUT2D eigenvalue weighted by Gasteiger charge is 2.16. The lowest BCUT2D eigenvalue weighted by molar-refractivity contribution is -0.385. The average Bonchev–Trinajstić information content (AvgIpc) is 2.43. The van der Waals surface area contributed by atoms with E-state index in [0.29, 0.717) is 12.0 Å². The van der Waals surface area contributed by atoms with Crippen molar-refractivity contribution in [2.75, 3.05) is 6.61 Å². The van der Waals surface area contributed by atoms with Crippen LogP contribution < -0.4 is 10.9 Å². The normalized spacial score (nSPS) is 10.7. The van der Waals surface area contributed by atoms with Crippen LogP contribution in [0, 0.1) is 17.0 Å². The van der Waals surface area contributed by atoms with E-state index in [1.165, 1.54) is 6.07 Å². The molecule has 24 heavy (non-hydrogen) atoms. The van der Waals surface area contributed by atoms with Crippen molar-refractivity contribution in [3.63, 3.8) is 0 Å². The van der Waals surface area contributed by atoms with Crippen LogP contribution in [0.1, 0.15) is 31.9 Å². The van der Waals surface area contributed by atoms with E-state index in [1.54, 1.807) is 39.8 Å². The maximum atomic E-state index is 11.4. The van der Waals surface area contributed by atoms with Gasteiger partial charge in [-0.2, -0.15) is 0 Å². The van der Waals surface area contributed by atoms with Gasteiger partial charge in [-0.3, -0.25) is 10.1 Å². The van der Waals surface area contributed by atoms with Crippen molar-refractivity contribution in [1.82, 2.24) is 10.9 Å². The van der Waals surface area contributed by atoms with E-state index < -0.39 is 22.7 Å². The van der Waals surface area contributed by atoms with Crippen LogP contribution in [0.3, 0.4) is 0 Å². The first-order valence-electron chi connectivity index (χ1n) is 7.24. The van der Waals surface area contributed by atoms with Crippen molar-refractivity contribution in [2.45, 2.75) is 39.7 Å². The molecule has 0 aliphatic rings. The second-order valence-electron chi connectivity index (χ2n) is 6.02. The Labute approximate surface area is 139 Å². The Morgan fingerprint density at radius 2 is 1.83 bits per heavy atom. The molecule has 0 saturated carbocycles. The van der Waals surface area contributed by atoms with Crippen molar-refractivity contribution < 1.29 is 24.0 Å². The van der Waals surface area contributed by atoms with Crippen molar-refractivity contribution in [1.29, 1.82) is 0 Å². The van der Waals surface area contributed by atoms with Crippen LogP contribution in [0.5, 0.6) is 0 Å². The SMILES string of the molecule is Cc1cc(CCOC(=O)NNC(=O)OC(C)(C)C)ccc1[N+](=O)[O-]. The first kappa shape index (κ1) is 19.2. The predicted octanol–water partition coefficient (Wildman–Crippen LogP) is 2.61. The van der Waals surface area contributed by atoms with Gasteiger partial charge in [-0.25, -0.2) is 20.4 Å². The van der Waals surface area contributed by atoms with Gasteiger partial charge >= 0.3 is 12.2 Å². The molecule has 1 rings (SSSR count). The summed E-state index contributed by atoms with van der Waals surface area (Å²) in [6, 6.07) is 4.68. The number of benzene rings is 1. The van der Waals surface area contributed by atoms with Crippen molar-refractivity contribution in [3.05, 3.63) is 39.4 Å². The molecule has 9 nitrogen and oxygen atoms in total. The van der Waals surface area contributed by atoms with Crippen LogP contribution >= 0.6 is 0 Å². The number of rotatable bonds is 4. The molecule has 2 N–H and O–H groups in total. The van der Waals surface area contributed by atoms with E-state index in [2.05, 4.69) is 10.9 Å². The minimum Gasteiger partial charge on any atom is -0.448 e. The van der Waals surface area contributed by atoms with Crippen LogP contribution in [-0.4, -0.2) is 29.3 Å². The lowest BCUT2D eigenvalue weighted by Gasteiger charge is -2.19. The number of nitro groups is 1. The Kier molecular flexibility index (Phi) is 6.51. The topological polar surface area (TPSA) is 120 Å². The van der Waals surface area contributed by atoms with Gasteiger partial charge in [-0.05, 0) is 39.3 Å². The summed E-state index contributed by atoms with van der Waals surface area (Å²) in [5.41, 5.74) is 4.80. The lowest BCUT2D eigenvalue weighted by atomic mass is 10.1. The molecule has 0 spiro atoms. The average molecular weight is 339 g/mol. The van der Waals surface area contributed by atoms with Crippen LogP contribution in [0.2, 0.25) is 0 Å². The van der Waals surface area contributed by atoms with E-state index in [0.717, 1.165) is 5.56 Å². The van der Waals surface area contributed by atoms with Crippen molar-refractivity contribution in [3.8, 4) is 0 Å². The van der Waals surface area contributed by atoms with Gasteiger partial charge in [-0.1, -0.05) is 6.07 Å². The zero-order chi connectivity index (χ0) is 18.3. The molecule has 2 amide bonds.